The van der Waals surface area contributed by atoms with Crippen LogP contribution in [0.1, 0.15) is 0 Å². The number of para-hydroxylation sites is 1. The predicted molar refractivity (Wildman–Crippen MR) is 183 cm³/mol. The summed E-state index contributed by atoms with van der Waals surface area (Å²) in [6.07, 6.45) is 0. The van der Waals surface area contributed by atoms with Gasteiger partial charge in [0.05, 0.1) is 0 Å². The molecule has 0 aliphatic carbocycles. The Morgan fingerprint density at radius 3 is 1.93 bits per heavy atom. The molecule has 0 bridgehead atoms. The molecule has 1 aliphatic heterocycles. The van der Waals surface area contributed by atoms with E-state index >= 15 is 0 Å². The zero-order valence-corrected chi connectivity index (χ0v) is 23.7. The van der Waals surface area contributed by atoms with Crippen LogP contribution in [0.5, 0.6) is 11.5 Å². The largest absolute Gasteiger partial charge is 0.456 e. The monoisotopic (exact) mass is 560 g/mol. The summed E-state index contributed by atoms with van der Waals surface area (Å²) in [5.74, 6) is 1.81. The van der Waals surface area contributed by atoms with Gasteiger partial charge in [0.25, 0.3) is 0 Å². The minimum absolute atomic E-state index is 0.901. The molecule has 1 aliphatic rings. The van der Waals surface area contributed by atoms with Crippen LogP contribution in [0.25, 0.3) is 87.6 Å². The highest BCUT2D eigenvalue weighted by Crippen LogP contribution is 2.49. The Morgan fingerprint density at radius 1 is 0.341 bits per heavy atom. The number of rotatable bonds is 2. The van der Waals surface area contributed by atoms with Crippen LogP contribution >= 0.6 is 0 Å². The maximum absolute atomic E-state index is 6.43. The molecule has 204 valence electrons. The summed E-state index contributed by atoms with van der Waals surface area (Å²) in [5.41, 5.74) is 8.97. The van der Waals surface area contributed by atoms with Crippen molar-refractivity contribution in [1.29, 1.82) is 0 Å². The first-order valence-corrected chi connectivity index (χ1v) is 15.0. The Kier molecular flexibility index (Phi) is 4.75. The van der Waals surface area contributed by atoms with Crippen LogP contribution in [0.15, 0.2) is 150 Å². The van der Waals surface area contributed by atoms with Crippen molar-refractivity contribution in [2.24, 2.45) is 0 Å². The van der Waals surface area contributed by atoms with Crippen molar-refractivity contribution in [3.8, 4) is 44.9 Å². The lowest BCUT2D eigenvalue weighted by molar-refractivity contribution is 0.487. The second-order valence-electron chi connectivity index (χ2n) is 11.7. The molecule has 0 atom stereocenters. The van der Waals surface area contributed by atoms with Gasteiger partial charge in [-0.3, -0.25) is 0 Å². The van der Waals surface area contributed by atoms with Crippen LogP contribution in [-0.4, -0.2) is 0 Å². The highest BCUT2D eigenvalue weighted by Gasteiger charge is 2.22. The average molecular weight is 561 g/mol. The van der Waals surface area contributed by atoms with E-state index in [4.69, 9.17) is 9.15 Å². The fraction of sp³-hybridized carbons (Fsp3) is 0. The molecule has 2 nitrogen and oxygen atoms in total. The SMILES string of the molecule is c1ccc2c(c1)Oc1cccc3cc(-c4ccc(-c5cccc6oc7cc8ccccc8cc7c56)c5ccccc45)cc-2c13. The number of ether oxygens (including phenoxy) is 1. The highest BCUT2D eigenvalue weighted by molar-refractivity contribution is 6.19. The normalized spacial score (nSPS) is 12.3. The van der Waals surface area contributed by atoms with E-state index in [0.29, 0.717) is 0 Å². The molecule has 0 amide bonds. The van der Waals surface area contributed by atoms with Gasteiger partial charge in [0, 0.05) is 21.7 Å². The topological polar surface area (TPSA) is 22.4 Å². The van der Waals surface area contributed by atoms with E-state index in [2.05, 4.69) is 140 Å². The van der Waals surface area contributed by atoms with Gasteiger partial charge in [-0.1, -0.05) is 103 Å². The standard InChI is InChI=1S/C42H24O2/c1-2-10-26-24-40-36(22-25(26)9-1)42-34(15-8-18-39(42)44-40)32-20-19-29(30-12-3-4-13-31(30)32)28-21-27-11-7-17-38-41(27)35(23-28)33-14-5-6-16-37(33)43-38/h1-24H. The smallest absolute Gasteiger partial charge is 0.136 e. The number of hydrogen-bond acceptors (Lipinski definition) is 2. The Morgan fingerprint density at radius 2 is 1.02 bits per heavy atom. The van der Waals surface area contributed by atoms with Crippen molar-refractivity contribution in [3.05, 3.63) is 146 Å². The lowest BCUT2D eigenvalue weighted by Crippen LogP contribution is -1.97. The summed E-state index contributed by atoms with van der Waals surface area (Å²) >= 11 is 0. The third-order valence-corrected chi connectivity index (χ3v) is 9.22. The van der Waals surface area contributed by atoms with Crippen LogP contribution in [0.3, 0.4) is 0 Å². The second-order valence-corrected chi connectivity index (χ2v) is 11.7. The van der Waals surface area contributed by atoms with Crippen molar-refractivity contribution in [2.75, 3.05) is 0 Å². The van der Waals surface area contributed by atoms with E-state index in [-0.39, 0.29) is 0 Å². The van der Waals surface area contributed by atoms with Gasteiger partial charge in [-0.25, -0.2) is 0 Å². The molecule has 2 heterocycles. The first-order chi connectivity index (χ1) is 21.8. The summed E-state index contributed by atoms with van der Waals surface area (Å²) < 4.78 is 12.7. The molecular weight excluding hydrogens is 536 g/mol. The quantitative estimate of drug-likeness (QED) is 0.210. The summed E-state index contributed by atoms with van der Waals surface area (Å²) in [7, 11) is 0. The molecule has 10 rings (SSSR count). The summed E-state index contributed by atoms with van der Waals surface area (Å²) in [6.45, 7) is 0. The van der Waals surface area contributed by atoms with E-state index < -0.39 is 0 Å². The third-order valence-electron chi connectivity index (χ3n) is 9.22. The van der Waals surface area contributed by atoms with Gasteiger partial charge in [-0.05, 0) is 97.2 Å². The van der Waals surface area contributed by atoms with Crippen LogP contribution < -0.4 is 4.74 Å². The summed E-state index contributed by atoms with van der Waals surface area (Å²) in [6, 6.07) is 52.0. The Hall–Kier alpha value is -5.86. The molecule has 44 heavy (non-hydrogen) atoms. The van der Waals surface area contributed by atoms with Gasteiger partial charge in [0.1, 0.15) is 22.7 Å². The molecule has 9 aromatic rings. The van der Waals surface area contributed by atoms with Crippen LogP contribution in [-0.2, 0) is 0 Å². The lowest BCUT2D eigenvalue weighted by Gasteiger charge is -2.22. The van der Waals surface area contributed by atoms with Gasteiger partial charge in [-0.2, -0.15) is 0 Å². The molecule has 8 aromatic carbocycles. The zero-order chi connectivity index (χ0) is 28.8. The zero-order valence-electron chi connectivity index (χ0n) is 23.7. The Labute approximate surface area is 253 Å². The fourth-order valence-corrected chi connectivity index (χ4v) is 7.26. The minimum atomic E-state index is 0.901. The van der Waals surface area contributed by atoms with E-state index in [1.165, 1.54) is 60.1 Å². The van der Waals surface area contributed by atoms with Crippen molar-refractivity contribution in [1.82, 2.24) is 0 Å². The summed E-state index contributed by atoms with van der Waals surface area (Å²) in [4.78, 5) is 0. The molecule has 0 fully saturated rings. The van der Waals surface area contributed by atoms with Gasteiger partial charge in [-0.15, -0.1) is 0 Å². The highest BCUT2D eigenvalue weighted by atomic mass is 16.5. The molecule has 2 heteroatoms. The van der Waals surface area contributed by atoms with Crippen molar-refractivity contribution in [2.45, 2.75) is 0 Å². The number of furan rings is 1. The van der Waals surface area contributed by atoms with E-state index in [9.17, 15) is 0 Å². The Bertz CT molecular complexity index is 2640. The molecule has 1 aromatic heterocycles. The third kappa shape index (κ3) is 3.31. The van der Waals surface area contributed by atoms with Gasteiger partial charge in [0.15, 0.2) is 0 Å². The van der Waals surface area contributed by atoms with E-state index in [1.807, 2.05) is 6.07 Å². The molecule has 0 radical (unpaired) electrons. The predicted octanol–water partition coefficient (Wildman–Crippen LogP) is 12.2. The van der Waals surface area contributed by atoms with Crippen molar-refractivity contribution < 1.29 is 9.15 Å². The average Bonchev–Trinajstić information content (AvgIpc) is 3.44. The second kappa shape index (κ2) is 8.82. The van der Waals surface area contributed by atoms with E-state index in [1.54, 1.807) is 0 Å². The maximum atomic E-state index is 6.43. The summed E-state index contributed by atoms with van der Waals surface area (Å²) in [5, 5.41) is 9.50. The molecule has 0 saturated carbocycles. The fourth-order valence-electron chi connectivity index (χ4n) is 7.26. The van der Waals surface area contributed by atoms with Crippen LogP contribution in [0.2, 0.25) is 0 Å². The molecule has 0 saturated heterocycles. The number of hydrogen-bond donors (Lipinski definition) is 0. The number of fused-ring (bicyclic) bond motifs is 7. The lowest BCUT2D eigenvalue weighted by atomic mass is 9.87. The van der Waals surface area contributed by atoms with Crippen LogP contribution in [0, 0.1) is 0 Å². The van der Waals surface area contributed by atoms with E-state index in [0.717, 1.165) is 39.0 Å². The first-order valence-electron chi connectivity index (χ1n) is 15.0. The molecule has 0 unspecified atom stereocenters. The van der Waals surface area contributed by atoms with Crippen molar-refractivity contribution >= 4 is 54.3 Å². The minimum Gasteiger partial charge on any atom is -0.456 e. The maximum Gasteiger partial charge on any atom is 0.136 e. The van der Waals surface area contributed by atoms with Gasteiger partial charge in [0.2, 0.25) is 0 Å². The van der Waals surface area contributed by atoms with Crippen molar-refractivity contribution in [3.63, 3.8) is 0 Å². The first kappa shape index (κ1) is 23.7. The molecular formula is C42H24O2. The molecule has 0 spiro atoms. The van der Waals surface area contributed by atoms with Gasteiger partial charge >= 0.3 is 0 Å². The Balaban J connectivity index is 1.23. The van der Waals surface area contributed by atoms with Gasteiger partial charge < -0.3 is 9.15 Å². The number of benzene rings is 8. The molecule has 0 N–H and O–H groups in total. The van der Waals surface area contributed by atoms with Crippen LogP contribution in [0.4, 0.5) is 0 Å².